The summed E-state index contributed by atoms with van der Waals surface area (Å²) in [5.74, 6) is -0.851. The molecule has 3 aromatic rings. The number of anilines is 1. The molecule has 1 N–H and O–H groups in total. The lowest BCUT2D eigenvalue weighted by Crippen LogP contribution is -2.35. The average Bonchev–Trinajstić information content (AvgIpc) is 3.48. The SMILES string of the molecule is O=c1cc2ncnc(NCc3cccc(C(F)F)c3F)c2cn1C1(C(F)F)CC1. The van der Waals surface area contributed by atoms with Crippen LogP contribution in [0.5, 0.6) is 0 Å². The van der Waals surface area contributed by atoms with E-state index >= 15 is 0 Å². The van der Waals surface area contributed by atoms with Gasteiger partial charge in [0.15, 0.2) is 0 Å². The Labute approximate surface area is 161 Å². The second-order valence-corrected chi connectivity index (χ2v) is 6.88. The third-order valence-electron chi connectivity index (χ3n) is 5.11. The first-order valence-corrected chi connectivity index (χ1v) is 8.79. The minimum absolute atomic E-state index is 0.00544. The Balaban J connectivity index is 1.70. The van der Waals surface area contributed by atoms with Crippen LogP contribution in [0.15, 0.2) is 41.6 Å². The number of pyridine rings is 1. The van der Waals surface area contributed by atoms with Crippen LogP contribution in [0.3, 0.4) is 0 Å². The highest BCUT2D eigenvalue weighted by molar-refractivity contribution is 5.88. The Kier molecular flexibility index (Phi) is 4.71. The van der Waals surface area contributed by atoms with E-state index < -0.39 is 35.3 Å². The molecule has 0 amide bonds. The monoisotopic (exact) mass is 410 g/mol. The molecule has 1 aliphatic rings. The standard InChI is InChI=1S/C19H15F5N4O/c20-15-10(2-1-3-11(15)16(21)22)7-25-17-12-8-28(19(4-5-19)18(23)24)14(29)6-13(12)26-9-27-17/h1-3,6,8-9,16,18H,4-5,7H2,(H,25,26,27). The summed E-state index contributed by atoms with van der Waals surface area (Å²) in [5, 5.41) is 3.12. The van der Waals surface area contributed by atoms with Crippen LogP contribution in [0.4, 0.5) is 27.8 Å². The molecule has 0 atom stereocenters. The van der Waals surface area contributed by atoms with Crippen molar-refractivity contribution in [2.45, 2.75) is 37.8 Å². The lowest BCUT2D eigenvalue weighted by atomic mass is 10.1. The summed E-state index contributed by atoms with van der Waals surface area (Å²) >= 11 is 0. The van der Waals surface area contributed by atoms with Gasteiger partial charge in [-0.1, -0.05) is 18.2 Å². The highest BCUT2D eigenvalue weighted by Crippen LogP contribution is 2.48. The number of alkyl halides is 4. The molecule has 0 radical (unpaired) electrons. The second-order valence-electron chi connectivity index (χ2n) is 6.88. The zero-order valence-electron chi connectivity index (χ0n) is 14.9. The molecule has 0 unspecified atom stereocenters. The van der Waals surface area contributed by atoms with Crippen molar-refractivity contribution in [2.75, 3.05) is 5.32 Å². The fraction of sp³-hybridized carbons (Fsp3) is 0.316. The van der Waals surface area contributed by atoms with Gasteiger partial charge < -0.3 is 9.88 Å². The summed E-state index contributed by atoms with van der Waals surface area (Å²) in [4.78, 5) is 20.3. The Morgan fingerprint density at radius 1 is 1.17 bits per heavy atom. The minimum atomic E-state index is -2.95. The minimum Gasteiger partial charge on any atom is -0.365 e. The fourth-order valence-corrected chi connectivity index (χ4v) is 3.30. The quantitative estimate of drug-likeness (QED) is 0.618. The van der Waals surface area contributed by atoms with Gasteiger partial charge in [0.2, 0.25) is 0 Å². The van der Waals surface area contributed by atoms with E-state index in [0.29, 0.717) is 5.39 Å². The smallest absolute Gasteiger partial charge is 0.266 e. The van der Waals surface area contributed by atoms with Gasteiger partial charge in [-0.2, -0.15) is 0 Å². The van der Waals surface area contributed by atoms with E-state index in [0.717, 1.165) is 16.7 Å². The molecule has 10 heteroatoms. The predicted molar refractivity (Wildman–Crippen MR) is 95.7 cm³/mol. The van der Waals surface area contributed by atoms with Gasteiger partial charge in [0.05, 0.1) is 16.5 Å². The number of aromatic nitrogens is 3. The van der Waals surface area contributed by atoms with E-state index in [9.17, 15) is 26.7 Å². The Morgan fingerprint density at radius 3 is 2.59 bits per heavy atom. The number of rotatable bonds is 6. The number of nitrogens with one attached hydrogen (secondary N) is 1. The van der Waals surface area contributed by atoms with E-state index in [2.05, 4.69) is 15.3 Å². The van der Waals surface area contributed by atoms with Crippen molar-refractivity contribution < 1.29 is 22.0 Å². The number of fused-ring (bicyclic) bond motifs is 1. The predicted octanol–water partition coefficient (Wildman–Crippen LogP) is 4.23. The Hall–Kier alpha value is -3.04. The van der Waals surface area contributed by atoms with Crippen LogP contribution >= 0.6 is 0 Å². The molecule has 0 aliphatic heterocycles. The summed E-state index contributed by atoms with van der Waals surface area (Å²) in [6, 6.07) is 4.81. The summed E-state index contributed by atoms with van der Waals surface area (Å²) in [5.41, 5.74) is -2.62. The summed E-state index contributed by atoms with van der Waals surface area (Å²) in [7, 11) is 0. The highest BCUT2D eigenvalue weighted by atomic mass is 19.3. The molecule has 1 aromatic carbocycles. The third-order valence-corrected chi connectivity index (χ3v) is 5.11. The molecular weight excluding hydrogens is 395 g/mol. The number of benzene rings is 1. The number of hydrogen-bond acceptors (Lipinski definition) is 4. The van der Waals surface area contributed by atoms with Gasteiger partial charge in [0.1, 0.15) is 23.5 Å². The summed E-state index contributed by atoms with van der Waals surface area (Å²) in [6.45, 7) is -0.169. The van der Waals surface area contributed by atoms with Crippen molar-refractivity contribution in [3.8, 4) is 0 Å². The molecule has 152 valence electrons. The van der Waals surface area contributed by atoms with Gasteiger partial charge in [0.25, 0.3) is 18.4 Å². The average molecular weight is 410 g/mol. The van der Waals surface area contributed by atoms with Crippen LogP contribution in [0.2, 0.25) is 0 Å². The molecule has 0 spiro atoms. The van der Waals surface area contributed by atoms with Crippen LogP contribution in [-0.4, -0.2) is 21.0 Å². The molecule has 5 nitrogen and oxygen atoms in total. The van der Waals surface area contributed by atoms with Crippen molar-refractivity contribution in [1.82, 2.24) is 14.5 Å². The van der Waals surface area contributed by atoms with E-state index in [-0.39, 0.29) is 36.3 Å². The molecular formula is C19H15F5N4O. The van der Waals surface area contributed by atoms with E-state index in [4.69, 9.17) is 0 Å². The molecule has 1 saturated carbocycles. The zero-order chi connectivity index (χ0) is 20.8. The van der Waals surface area contributed by atoms with E-state index in [1.807, 2.05) is 0 Å². The second kappa shape index (κ2) is 7.09. The first-order chi connectivity index (χ1) is 13.8. The van der Waals surface area contributed by atoms with Crippen LogP contribution in [-0.2, 0) is 12.1 Å². The van der Waals surface area contributed by atoms with Gasteiger partial charge in [-0.05, 0) is 12.8 Å². The summed E-state index contributed by atoms with van der Waals surface area (Å²) < 4.78 is 67.9. The molecule has 29 heavy (non-hydrogen) atoms. The first kappa shape index (κ1) is 19.3. The maximum atomic E-state index is 14.2. The molecule has 1 fully saturated rings. The van der Waals surface area contributed by atoms with E-state index in [1.165, 1.54) is 24.7 Å². The van der Waals surface area contributed by atoms with Gasteiger partial charge in [0, 0.05) is 24.4 Å². The van der Waals surface area contributed by atoms with Crippen LogP contribution < -0.4 is 10.9 Å². The summed E-state index contributed by atoms with van der Waals surface area (Å²) in [6.07, 6.45) is -2.86. The van der Waals surface area contributed by atoms with Gasteiger partial charge >= 0.3 is 0 Å². The topological polar surface area (TPSA) is 59.8 Å². The van der Waals surface area contributed by atoms with Crippen LogP contribution in [0.1, 0.15) is 30.4 Å². The third kappa shape index (κ3) is 3.32. The number of halogens is 5. The maximum Gasteiger partial charge on any atom is 0.266 e. The van der Waals surface area contributed by atoms with Crippen molar-refractivity contribution in [3.63, 3.8) is 0 Å². The van der Waals surface area contributed by atoms with Crippen LogP contribution in [0, 0.1) is 5.82 Å². The Morgan fingerprint density at radius 2 is 1.93 bits per heavy atom. The first-order valence-electron chi connectivity index (χ1n) is 8.79. The molecule has 2 heterocycles. The highest BCUT2D eigenvalue weighted by Gasteiger charge is 2.53. The van der Waals surface area contributed by atoms with Gasteiger partial charge in [-0.25, -0.2) is 31.9 Å². The zero-order valence-corrected chi connectivity index (χ0v) is 14.9. The molecule has 0 bridgehead atoms. The molecule has 1 aliphatic carbocycles. The lowest BCUT2D eigenvalue weighted by molar-refractivity contribution is 0.0654. The normalized spacial score (nSPS) is 15.3. The number of hydrogen-bond donors (Lipinski definition) is 1. The maximum absolute atomic E-state index is 14.2. The molecule has 4 rings (SSSR count). The van der Waals surface area contributed by atoms with Gasteiger partial charge in [-0.3, -0.25) is 4.79 Å². The number of nitrogens with zero attached hydrogens (tertiary/aromatic N) is 3. The molecule has 0 saturated heterocycles. The van der Waals surface area contributed by atoms with Crippen molar-refractivity contribution in [2.24, 2.45) is 0 Å². The van der Waals surface area contributed by atoms with Gasteiger partial charge in [-0.15, -0.1) is 0 Å². The molecule has 2 aromatic heterocycles. The largest absolute Gasteiger partial charge is 0.365 e. The Bertz CT molecular complexity index is 1130. The van der Waals surface area contributed by atoms with E-state index in [1.54, 1.807) is 0 Å². The van der Waals surface area contributed by atoms with Crippen molar-refractivity contribution >= 4 is 16.7 Å². The van der Waals surface area contributed by atoms with Crippen molar-refractivity contribution in [3.05, 3.63) is 64.1 Å². The van der Waals surface area contributed by atoms with Crippen LogP contribution in [0.25, 0.3) is 10.9 Å². The fourth-order valence-electron chi connectivity index (χ4n) is 3.30. The lowest BCUT2D eigenvalue weighted by Gasteiger charge is -2.19. The van der Waals surface area contributed by atoms with Crippen molar-refractivity contribution in [1.29, 1.82) is 0 Å².